The van der Waals surface area contributed by atoms with Crippen LogP contribution in [0.4, 0.5) is 0 Å². The van der Waals surface area contributed by atoms with Crippen molar-refractivity contribution in [3.63, 3.8) is 0 Å². The van der Waals surface area contributed by atoms with Crippen molar-refractivity contribution in [2.45, 2.75) is 19.4 Å². The van der Waals surface area contributed by atoms with Crippen molar-refractivity contribution in [2.75, 3.05) is 6.54 Å². The van der Waals surface area contributed by atoms with Crippen LogP contribution in [0.5, 0.6) is 0 Å². The second-order valence-corrected chi connectivity index (χ2v) is 2.47. The second-order valence-electron chi connectivity index (χ2n) is 2.47. The van der Waals surface area contributed by atoms with E-state index in [9.17, 15) is 0 Å². The standard InChI is InChI=1S/C6H11N/c1-5(2)6(3)4-7-6/h7H,1,4H2,2-3H3. The Morgan fingerprint density at radius 2 is 2.29 bits per heavy atom. The van der Waals surface area contributed by atoms with E-state index in [0.717, 1.165) is 6.54 Å². The Morgan fingerprint density at radius 1 is 1.86 bits per heavy atom. The summed E-state index contributed by atoms with van der Waals surface area (Å²) in [5, 5.41) is 3.21. The van der Waals surface area contributed by atoms with Gasteiger partial charge in [0.15, 0.2) is 0 Å². The fraction of sp³-hybridized carbons (Fsp3) is 0.667. The number of hydrogen-bond acceptors (Lipinski definition) is 1. The molecule has 0 bridgehead atoms. The average molecular weight is 97.2 g/mol. The molecule has 1 heteroatoms. The minimum atomic E-state index is 0.306. The van der Waals surface area contributed by atoms with E-state index in [1.807, 2.05) is 0 Å². The van der Waals surface area contributed by atoms with Crippen molar-refractivity contribution in [2.24, 2.45) is 0 Å². The third-order valence-corrected chi connectivity index (χ3v) is 1.65. The Hall–Kier alpha value is -0.300. The van der Waals surface area contributed by atoms with Crippen LogP contribution in [0.2, 0.25) is 0 Å². The van der Waals surface area contributed by atoms with E-state index in [0.29, 0.717) is 5.54 Å². The fourth-order valence-corrected chi connectivity index (χ4v) is 0.434. The van der Waals surface area contributed by atoms with Gasteiger partial charge in [0.25, 0.3) is 0 Å². The molecule has 1 saturated heterocycles. The molecule has 0 aliphatic carbocycles. The van der Waals surface area contributed by atoms with Crippen LogP contribution in [-0.4, -0.2) is 12.1 Å². The van der Waals surface area contributed by atoms with Crippen LogP contribution in [0.3, 0.4) is 0 Å². The molecule has 1 aliphatic heterocycles. The van der Waals surface area contributed by atoms with E-state index in [1.54, 1.807) is 0 Å². The summed E-state index contributed by atoms with van der Waals surface area (Å²) in [6, 6.07) is 0. The molecule has 1 rings (SSSR count). The zero-order chi connectivity index (χ0) is 5.49. The Labute approximate surface area is 44.4 Å². The SMILES string of the molecule is C=C(C)C1(C)CN1. The molecule has 1 fully saturated rings. The lowest BCUT2D eigenvalue weighted by molar-refractivity contribution is 0.820. The average Bonchev–Trinajstić information content (AvgIpc) is 2.21. The molecule has 0 aromatic heterocycles. The normalized spacial score (nSPS) is 38.0. The third kappa shape index (κ3) is 0.682. The molecule has 0 aromatic rings. The van der Waals surface area contributed by atoms with Gasteiger partial charge in [-0.05, 0) is 13.8 Å². The van der Waals surface area contributed by atoms with E-state index in [2.05, 4.69) is 25.7 Å². The topological polar surface area (TPSA) is 21.9 Å². The lowest BCUT2D eigenvalue weighted by Crippen LogP contribution is -2.08. The van der Waals surface area contributed by atoms with E-state index >= 15 is 0 Å². The molecule has 40 valence electrons. The van der Waals surface area contributed by atoms with Crippen LogP contribution in [-0.2, 0) is 0 Å². The van der Waals surface area contributed by atoms with Crippen molar-refractivity contribution < 1.29 is 0 Å². The van der Waals surface area contributed by atoms with Gasteiger partial charge in [-0.3, -0.25) is 0 Å². The molecular weight excluding hydrogens is 86.1 g/mol. The van der Waals surface area contributed by atoms with Gasteiger partial charge < -0.3 is 5.32 Å². The van der Waals surface area contributed by atoms with Crippen molar-refractivity contribution >= 4 is 0 Å². The molecule has 0 radical (unpaired) electrons. The predicted molar refractivity (Wildman–Crippen MR) is 31.2 cm³/mol. The minimum absolute atomic E-state index is 0.306. The Kier molecular flexibility index (Phi) is 0.762. The van der Waals surface area contributed by atoms with Crippen LogP contribution in [0.25, 0.3) is 0 Å². The van der Waals surface area contributed by atoms with Gasteiger partial charge in [-0.2, -0.15) is 0 Å². The number of nitrogens with one attached hydrogen (secondary N) is 1. The van der Waals surface area contributed by atoms with Gasteiger partial charge in [0.2, 0.25) is 0 Å². The number of hydrogen-bond donors (Lipinski definition) is 1. The highest BCUT2D eigenvalue weighted by atomic mass is 15.1. The molecule has 7 heavy (non-hydrogen) atoms. The first-order valence-electron chi connectivity index (χ1n) is 2.56. The Morgan fingerprint density at radius 3 is 2.29 bits per heavy atom. The fourth-order valence-electron chi connectivity index (χ4n) is 0.434. The van der Waals surface area contributed by atoms with Crippen molar-refractivity contribution in [1.29, 1.82) is 0 Å². The largest absolute Gasteiger partial charge is 0.305 e. The molecule has 1 N–H and O–H groups in total. The maximum absolute atomic E-state index is 3.83. The molecule has 0 spiro atoms. The van der Waals surface area contributed by atoms with Crippen LogP contribution in [0, 0.1) is 0 Å². The molecule has 0 amide bonds. The maximum Gasteiger partial charge on any atom is 0.0487 e. The molecule has 1 heterocycles. The van der Waals surface area contributed by atoms with E-state index < -0.39 is 0 Å². The van der Waals surface area contributed by atoms with Gasteiger partial charge in [-0.1, -0.05) is 12.2 Å². The Bertz CT molecular complexity index is 101. The highest BCUT2D eigenvalue weighted by molar-refractivity contribution is 5.22. The van der Waals surface area contributed by atoms with Gasteiger partial charge in [0, 0.05) is 12.1 Å². The highest BCUT2D eigenvalue weighted by Crippen LogP contribution is 2.23. The zero-order valence-corrected chi connectivity index (χ0v) is 4.91. The summed E-state index contributed by atoms with van der Waals surface area (Å²) in [5.74, 6) is 0. The highest BCUT2D eigenvalue weighted by Gasteiger charge is 2.36. The zero-order valence-electron chi connectivity index (χ0n) is 4.91. The Balaban J connectivity index is 2.55. The quantitative estimate of drug-likeness (QED) is 0.381. The summed E-state index contributed by atoms with van der Waals surface area (Å²) < 4.78 is 0. The monoisotopic (exact) mass is 97.1 g/mol. The van der Waals surface area contributed by atoms with Gasteiger partial charge >= 0.3 is 0 Å². The summed E-state index contributed by atoms with van der Waals surface area (Å²) in [6.07, 6.45) is 0. The molecule has 1 nitrogen and oxygen atoms in total. The van der Waals surface area contributed by atoms with Gasteiger partial charge in [-0.15, -0.1) is 0 Å². The van der Waals surface area contributed by atoms with Crippen molar-refractivity contribution in [3.05, 3.63) is 12.2 Å². The summed E-state index contributed by atoms with van der Waals surface area (Å²) >= 11 is 0. The molecule has 1 atom stereocenters. The van der Waals surface area contributed by atoms with Crippen LogP contribution >= 0.6 is 0 Å². The minimum Gasteiger partial charge on any atom is -0.305 e. The van der Waals surface area contributed by atoms with Crippen LogP contribution < -0.4 is 5.32 Å². The van der Waals surface area contributed by atoms with Crippen LogP contribution in [0.1, 0.15) is 13.8 Å². The molecule has 0 aromatic carbocycles. The first-order valence-corrected chi connectivity index (χ1v) is 2.56. The summed E-state index contributed by atoms with van der Waals surface area (Å²) in [7, 11) is 0. The van der Waals surface area contributed by atoms with Gasteiger partial charge in [0.1, 0.15) is 0 Å². The summed E-state index contributed by atoms with van der Waals surface area (Å²) in [4.78, 5) is 0. The van der Waals surface area contributed by atoms with Gasteiger partial charge in [0.05, 0.1) is 0 Å². The molecule has 1 aliphatic rings. The van der Waals surface area contributed by atoms with Crippen molar-refractivity contribution in [1.82, 2.24) is 5.32 Å². The third-order valence-electron chi connectivity index (χ3n) is 1.65. The van der Waals surface area contributed by atoms with E-state index in [1.165, 1.54) is 5.57 Å². The lowest BCUT2D eigenvalue weighted by Gasteiger charge is -2.01. The summed E-state index contributed by atoms with van der Waals surface area (Å²) in [6.45, 7) is 9.16. The van der Waals surface area contributed by atoms with E-state index in [-0.39, 0.29) is 0 Å². The maximum atomic E-state index is 3.83. The molecular formula is C6H11N. The van der Waals surface area contributed by atoms with Gasteiger partial charge in [-0.25, -0.2) is 0 Å². The molecule has 1 unspecified atom stereocenters. The van der Waals surface area contributed by atoms with E-state index in [4.69, 9.17) is 0 Å². The van der Waals surface area contributed by atoms with Crippen molar-refractivity contribution in [3.8, 4) is 0 Å². The smallest absolute Gasteiger partial charge is 0.0487 e. The first kappa shape index (κ1) is 4.85. The lowest BCUT2D eigenvalue weighted by atomic mass is 10.1. The predicted octanol–water partition coefficient (Wildman–Crippen LogP) is 0.924. The second kappa shape index (κ2) is 1.10. The summed E-state index contributed by atoms with van der Waals surface area (Å²) in [5.41, 5.74) is 1.55. The van der Waals surface area contributed by atoms with Crippen LogP contribution in [0.15, 0.2) is 12.2 Å². The number of rotatable bonds is 1. The first-order chi connectivity index (χ1) is 3.15. The molecule has 0 saturated carbocycles.